The quantitative estimate of drug-likeness (QED) is 0.485. The number of halogens is 1. The van der Waals surface area contributed by atoms with Crippen LogP contribution in [0.15, 0.2) is 28.0 Å². The molecule has 0 radical (unpaired) electrons. The van der Waals surface area contributed by atoms with Gasteiger partial charge in [0.1, 0.15) is 4.91 Å². The first kappa shape index (κ1) is 16.6. The monoisotopic (exact) mass is 314 g/mol. The van der Waals surface area contributed by atoms with Gasteiger partial charge in [-0.2, -0.15) is 0 Å². The Morgan fingerprint density at radius 1 is 1.15 bits per heavy atom. The summed E-state index contributed by atoms with van der Waals surface area (Å²) >= 11 is 7.17. The Morgan fingerprint density at radius 3 is 2.35 bits per heavy atom. The van der Waals surface area contributed by atoms with Gasteiger partial charge >= 0.3 is 11.9 Å². The third kappa shape index (κ3) is 4.28. The van der Waals surface area contributed by atoms with Crippen LogP contribution in [0.2, 0.25) is 5.02 Å². The summed E-state index contributed by atoms with van der Waals surface area (Å²) in [6, 6.07) is 3.67. The van der Waals surface area contributed by atoms with E-state index in [9.17, 15) is 9.59 Å². The molecule has 0 saturated carbocycles. The Balaban J connectivity index is 3.14. The fraction of sp³-hybridized carbons (Fsp3) is 0.286. The molecule has 0 spiro atoms. The molecule has 0 aliphatic rings. The molecule has 108 valence electrons. The van der Waals surface area contributed by atoms with Gasteiger partial charge < -0.3 is 9.47 Å². The molecule has 0 fully saturated rings. The van der Waals surface area contributed by atoms with Gasteiger partial charge in [0.2, 0.25) is 0 Å². The standard InChI is InChI=1S/C14H15ClO4S/c1-8-6-11(9(2)5-10(8)15)20-12(14(17)19-4)7-13(16)18-3/h5-7H,1-4H3/b12-7-. The number of methoxy groups -OCH3 is 2. The molecule has 1 aromatic carbocycles. The number of esters is 2. The molecule has 0 unspecified atom stereocenters. The molecular formula is C14H15ClO4S. The Bertz CT molecular complexity index is 567. The van der Waals surface area contributed by atoms with Crippen molar-refractivity contribution in [3.63, 3.8) is 0 Å². The lowest BCUT2D eigenvalue weighted by Gasteiger charge is -2.10. The van der Waals surface area contributed by atoms with Crippen LogP contribution in [0.5, 0.6) is 0 Å². The number of carbonyl (C=O) groups is 2. The highest BCUT2D eigenvalue weighted by Crippen LogP contribution is 2.33. The topological polar surface area (TPSA) is 52.6 Å². The smallest absolute Gasteiger partial charge is 0.344 e. The van der Waals surface area contributed by atoms with E-state index in [0.29, 0.717) is 5.02 Å². The van der Waals surface area contributed by atoms with E-state index in [-0.39, 0.29) is 4.91 Å². The molecule has 0 heterocycles. The molecule has 4 nitrogen and oxygen atoms in total. The van der Waals surface area contributed by atoms with Crippen molar-refractivity contribution >= 4 is 35.3 Å². The van der Waals surface area contributed by atoms with Crippen molar-refractivity contribution in [2.75, 3.05) is 14.2 Å². The number of ether oxygens (including phenoxy) is 2. The average molecular weight is 315 g/mol. The number of carbonyl (C=O) groups excluding carboxylic acids is 2. The molecule has 0 amide bonds. The highest BCUT2D eigenvalue weighted by atomic mass is 35.5. The van der Waals surface area contributed by atoms with E-state index in [4.69, 9.17) is 11.6 Å². The minimum absolute atomic E-state index is 0.157. The van der Waals surface area contributed by atoms with Gasteiger partial charge in [0.05, 0.1) is 14.2 Å². The van der Waals surface area contributed by atoms with E-state index in [1.54, 1.807) is 0 Å². The zero-order valence-corrected chi connectivity index (χ0v) is 13.2. The summed E-state index contributed by atoms with van der Waals surface area (Å²) in [6.45, 7) is 3.74. The van der Waals surface area contributed by atoms with Crippen LogP contribution in [0.25, 0.3) is 0 Å². The van der Waals surface area contributed by atoms with Crippen molar-refractivity contribution in [3.05, 3.63) is 39.3 Å². The van der Waals surface area contributed by atoms with E-state index in [1.165, 1.54) is 14.2 Å². The minimum Gasteiger partial charge on any atom is -0.466 e. The van der Waals surface area contributed by atoms with Crippen LogP contribution in [-0.2, 0) is 19.1 Å². The molecule has 6 heteroatoms. The largest absolute Gasteiger partial charge is 0.466 e. The number of hydrogen-bond donors (Lipinski definition) is 0. The minimum atomic E-state index is -0.610. The van der Waals surface area contributed by atoms with Gasteiger partial charge in [0.25, 0.3) is 0 Å². The maximum atomic E-state index is 11.7. The van der Waals surface area contributed by atoms with Crippen LogP contribution in [0.1, 0.15) is 11.1 Å². The molecule has 0 atom stereocenters. The number of hydrogen-bond acceptors (Lipinski definition) is 5. The third-order valence-electron chi connectivity index (χ3n) is 2.51. The van der Waals surface area contributed by atoms with Crippen molar-refractivity contribution in [3.8, 4) is 0 Å². The molecule has 0 aliphatic heterocycles. The second-order valence-electron chi connectivity index (χ2n) is 3.99. The Labute approximate surface area is 127 Å². The second kappa shape index (κ2) is 7.36. The summed E-state index contributed by atoms with van der Waals surface area (Å²) in [5.41, 5.74) is 1.80. The van der Waals surface area contributed by atoms with Crippen molar-refractivity contribution in [1.82, 2.24) is 0 Å². The zero-order chi connectivity index (χ0) is 15.3. The van der Waals surface area contributed by atoms with Crippen LogP contribution in [0.3, 0.4) is 0 Å². The Kier molecular flexibility index (Phi) is 6.10. The second-order valence-corrected chi connectivity index (χ2v) is 5.48. The van der Waals surface area contributed by atoms with Gasteiger partial charge in [-0.25, -0.2) is 9.59 Å². The van der Waals surface area contributed by atoms with E-state index in [1.807, 2.05) is 26.0 Å². The van der Waals surface area contributed by atoms with E-state index >= 15 is 0 Å². The summed E-state index contributed by atoms with van der Waals surface area (Å²) in [6.07, 6.45) is 1.11. The summed E-state index contributed by atoms with van der Waals surface area (Å²) < 4.78 is 9.19. The van der Waals surface area contributed by atoms with Crippen LogP contribution in [-0.4, -0.2) is 26.2 Å². The van der Waals surface area contributed by atoms with Crippen LogP contribution >= 0.6 is 23.4 Å². The van der Waals surface area contributed by atoms with Gasteiger partial charge in [-0.1, -0.05) is 23.4 Å². The molecule has 0 saturated heterocycles. The fourth-order valence-corrected chi connectivity index (χ4v) is 2.61. The Hall–Kier alpha value is -1.46. The summed E-state index contributed by atoms with van der Waals surface area (Å²) in [5.74, 6) is -1.20. The summed E-state index contributed by atoms with van der Waals surface area (Å²) in [7, 11) is 2.50. The summed E-state index contributed by atoms with van der Waals surface area (Å²) in [4.78, 5) is 24.0. The molecule has 0 N–H and O–H groups in total. The molecule has 20 heavy (non-hydrogen) atoms. The maximum Gasteiger partial charge on any atom is 0.344 e. The lowest BCUT2D eigenvalue weighted by atomic mass is 10.2. The number of benzene rings is 1. The Morgan fingerprint density at radius 2 is 1.80 bits per heavy atom. The first-order valence-corrected chi connectivity index (χ1v) is 6.91. The first-order chi connectivity index (χ1) is 9.38. The van der Waals surface area contributed by atoms with Gasteiger partial charge in [-0.15, -0.1) is 0 Å². The van der Waals surface area contributed by atoms with Crippen LogP contribution < -0.4 is 0 Å². The predicted molar refractivity (Wildman–Crippen MR) is 78.9 cm³/mol. The number of thioether (sulfide) groups is 1. The van der Waals surface area contributed by atoms with Gasteiger partial charge in [0, 0.05) is 16.0 Å². The average Bonchev–Trinajstić information content (AvgIpc) is 2.42. The van der Waals surface area contributed by atoms with Crippen LogP contribution in [0.4, 0.5) is 0 Å². The highest BCUT2D eigenvalue weighted by molar-refractivity contribution is 8.04. The maximum absolute atomic E-state index is 11.7. The molecule has 0 aromatic heterocycles. The normalized spacial score (nSPS) is 11.2. The van der Waals surface area contributed by atoms with E-state index in [0.717, 1.165) is 33.9 Å². The van der Waals surface area contributed by atoms with Crippen molar-refractivity contribution < 1.29 is 19.1 Å². The third-order valence-corrected chi connectivity index (χ3v) is 4.08. The molecule has 1 aromatic rings. The summed E-state index contributed by atoms with van der Waals surface area (Å²) in [5, 5.41) is 0.656. The fourth-order valence-electron chi connectivity index (χ4n) is 1.38. The lowest BCUT2D eigenvalue weighted by Crippen LogP contribution is -2.06. The first-order valence-electron chi connectivity index (χ1n) is 5.71. The molecule has 0 aliphatic carbocycles. The zero-order valence-electron chi connectivity index (χ0n) is 11.7. The molecule has 1 rings (SSSR count). The van der Waals surface area contributed by atoms with Crippen molar-refractivity contribution in [1.29, 1.82) is 0 Å². The van der Waals surface area contributed by atoms with Crippen molar-refractivity contribution in [2.24, 2.45) is 0 Å². The van der Waals surface area contributed by atoms with Gasteiger partial charge in [0.15, 0.2) is 0 Å². The van der Waals surface area contributed by atoms with Crippen LogP contribution in [0, 0.1) is 13.8 Å². The van der Waals surface area contributed by atoms with Crippen molar-refractivity contribution in [2.45, 2.75) is 18.7 Å². The van der Waals surface area contributed by atoms with E-state index < -0.39 is 11.9 Å². The molecular weight excluding hydrogens is 300 g/mol. The number of rotatable bonds is 4. The van der Waals surface area contributed by atoms with Gasteiger partial charge in [-0.3, -0.25) is 0 Å². The highest BCUT2D eigenvalue weighted by Gasteiger charge is 2.16. The number of aryl methyl sites for hydroxylation is 2. The molecule has 0 bridgehead atoms. The predicted octanol–water partition coefficient (Wildman–Crippen LogP) is 3.28. The van der Waals surface area contributed by atoms with E-state index in [2.05, 4.69) is 9.47 Å². The van der Waals surface area contributed by atoms with Gasteiger partial charge in [-0.05, 0) is 37.1 Å². The lowest BCUT2D eigenvalue weighted by molar-refractivity contribution is -0.137. The SMILES string of the molecule is COC(=O)/C=C(\Sc1cc(C)c(Cl)cc1C)C(=O)OC.